The Morgan fingerprint density at radius 2 is 1.95 bits per heavy atom. The summed E-state index contributed by atoms with van der Waals surface area (Å²) in [5, 5.41) is 4.23. The second kappa shape index (κ2) is 9.24. The molecular formula is C15H21Cl3N2OS. The normalized spacial score (nSPS) is 15.5. The smallest absolute Gasteiger partial charge is 0.255 e. The van der Waals surface area contributed by atoms with Gasteiger partial charge in [0.2, 0.25) is 0 Å². The van der Waals surface area contributed by atoms with Gasteiger partial charge < -0.3 is 10.2 Å². The zero-order chi connectivity index (χ0) is 15.4. The molecule has 1 aliphatic rings. The minimum atomic E-state index is 0. The van der Waals surface area contributed by atoms with Gasteiger partial charge in [0.15, 0.2) is 0 Å². The molecule has 0 bridgehead atoms. The quantitative estimate of drug-likeness (QED) is 0.791. The van der Waals surface area contributed by atoms with E-state index in [0.29, 0.717) is 21.5 Å². The Kier molecular flexibility index (Phi) is 8.36. The molecule has 1 aliphatic heterocycles. The van der Waals surface area contributed by atoms with E-state index < -0.39 is 0 Å². The van der Waals surface area contributed by atoms with Crippen LogP contribution in [0.2, 0.25) is 10.0 Å². The molecule has 0 spiro atoms. The van der Waals surface area contributed by atoms with Crippen molar-refractivity contribution in [3.63, 3.8) is 0 Å². The van der Waals surface area contributed by atoms with Crippen LogP contribution in [0.3, 0.4) is 0 Å². The fourth-order valence-corrected chi connectivity index (χ4v) is 3.83. The highest BCUT2D eigenvalue weighted by atomic mass is 35.5. The number of benzene rings is 1. The maximum Gasteiger partial charge on any atom is 0.255 e. The number of nitrogens with zero attached hydrogens (tertiary/aromatic N) is 1. The second-order valence-electron chi connectivity index (χ2n) is 5.26. The summed E-state index contributed by atoms with van der Waals surface area (Å²) in [6, 6.07) is 3.47. The Hall–Kier alpha value is -0.130. The lowest BCUT2D eigenvalue weighted by Crippen LogP contribution is -2.40. The first-order valence-corrected chi connectivity index (χ1v) is 9.01. The molecule has 124 valence electrons. The zero-order valence-electron chi connectivity index (χ0n) is 12.7. The third-order valence-corrected chi connectivity index (χ3v) is 5.38. The fraction of sp³-hybridized carbons (Fsp3) is 0.533. The molecule has 3 nitrogen and oxygen atoms in total. The minimum Gasteiger partial charge on any atom is -0.339 e. The number of carbonyl (C=O) groups excluding carboxylic acids is 1. The number of thioether (sulfide) groups is 1. The summed E-state index contributed by atoms with van der Waals surface area (Å²) in [6.45, 7) is 2.60. The van der Waals surface area contributed by atoms with Crippen LogP contribution in [0.1, 0.15) is 23.2 Å². The van der Waals surface area contributed by atoms with E-state index >= 15 is 0 Å². The van der Waals surface area contributed by atoms with Crippen molar-refractivity contribution in [2.75, 3.05) is 32.9 Å². The maximum absolute atomic E-state index is 12.6. The number of likely N-dealkylation sites (tertiary alicyclic amines) is 1. The highest BCUT2D eigenvalue weighted by Gasteiger charge is 2.25. The molecule has 7 heteroatoms. The number of carbonyl (C=O) groups is 1. The summed E-state index contributed by atoms with van der Waals surface area (Å²) in [4.78, 5) is 15.4. The molecule has 1 fully saturated rings. The molecule has 0 radical (unpaired) electrons. The Balaban J connectivity index is 0.00000242. The van der Waals surface area contributed by atoms with E-state index in [1.807, 2.05) is 18.2 Å². The van der Waals surface area contributed by atoms with Crippen molar-refractivity contribution in [2.24, 2.45) is 5.92 Å². The number of hydrogen-bond donors (Lipinski definition) is 1. The van der Waals surface area contributed by atoms with Crippen molar-refractivity contribution in [3.05, 3.63) is 27.7 Å². The molecule has 0 saturated carbocycles. The first-order chi connectivity index (χ1) is 10.1. The van der Waals surface area contributed by atoms with Crippen LogP contribution in [0.5, 0.6) is 0 Å². The van der Waals surface area contributed by atoms with Crippen LogP contribution in [0, 0.1) is 5.92 Å². The topological polar surface area (TPSA) is 32.3 Å². The number of piperidine rings is 1. The molecule has 1 aromatic rings. The lowest BCUT2D eigenvalue weighted by atomic mass is 9.96. The standard InChI is InChI=1S/C15H20Cl2N2OS.ClH/c1-18-9-10-3-5-19(6-4-10)15(20)11-7-14(21-2)13(17)8-12(11)16;/h7-8,10,18H,3-6,9H2,1-2H3;1H. The van der Waals surface area contributed by atoms with Crippen LogP contribution in [0.15, 0.2) is 17.0 Å². The SMILES string of the molecule is CNCC1CCN(C(=O)c2cc(SC)c(Cl)cc2Cl)CC1.Cl. The average Bonchev–Trinajstić information content (AvgIpc) is 2.48. The zero-order valence-corrected chi connectivity index (χ0v) is 15.8. The van der Waals surface area contributed by atoms with Crippen LogP contribution in [0.25, 0.3) is 0 Å². The Labute approximate surface area is 152 Å². The second-order valence-corrected chi connectivity index (χ2v) is 6.92. The summed E-state index contributed by atoms with van der Waals surface area (Å²) in [5.41, 5.74) is 0.553. The van der Waals surface area contributed by atoms with Gasteiger partial charge in [-0.3, -0.25) is 4.79 Å². The number of halogens is 3. The lowest BCUT2D eigenvalue weighted by Gasteiger charge is -2.32. The van der Waals surface area contributed by atoms with Gasteiger partial charge in [-0.15, -0.1) is 24.2 Å². The molecule has 2 rings (SSSR count). The van der Waals surface area contributed by atoms with E-state index in [4.69, 9.17) is 23.2 Å². The summed E-state index contributed by atoms with van der Waals surface area (Å²) < 4.78 is 0. The molecule has 1 amide bonds. The van der Waals surface area contributed by atoms with Crippen molar-refractivity contribution in [3.8, 4) is 0 Å². The predicted octanol–water partition coefficient (Wildman–Crippen LogP) is 4.21. The van der Waals surface area contributed by atoms with Crippen molar-refractivity contribution in [1.29, 1.82) is 0 Å². The van der Waals surface area contributed by atoms with Gasteiger partial charge in [0, 0.05) is 18.0 Å². The van der Waals surface area contributed by atoms with Crippen LogP contribution >= 0.6 is 47.4 Å². The summed E-state index contributed by atoms with van der Waals surface area (Å²) in [7, 11) is 1.97. The number of rotatable bonds is 4. The van der Waals surface area contributed by atoms with Crippen LogP contribution in [-0.4, -0.2) is 43.7 Å². The van der Waals surface area contributed by atoms with Crippen molar-refractivity contribution in [2.45, 2.75) is 17.7 Å². The number of hydrogen-bond acceptors (Lipinski definition) is 3. The maximum atomic E-state index is 12.6. The minimum absolute atomic E-state index is 0. The molecule has 1 N–H and O–H groups in total. The number of amides is 1. The van der Waals surface area contributed by atoms with E-state index in [0.717, 1.165) is 37.4 Å². The Morgan fingerprint density at radius 3 is 2.50 bits per heavy atom. The highest BCUT2D eigenvalue weighted by Crippen LogP contribution is 2.32. The first-order valence-electron chi connectivity index (χ1n) is 7.03. The van der Waals surface area contributed by atoms with Crippen molar-refractivity contribution >= 4 is 53.3 Å². The molecule has 1 heterocycles. The van der Waals surface area contributed by atoms with Gasteiger partial charge >= 0.3 is 0 Å². The summed E-state index contributed by atoms with van der Waals surface area (Å²) in [5.74, 6) is 0.663. The summed E-state index contributed by atoms with van der Waals surface area (Å²) in [6.07, 6.45) is 4.01. The van der Waals surface area contributed by atoms with Gasteiger partial charge in [0.25, 0.3) is 5.91 Å². The van der Waals surface area contributed by atoms with E-state index in [2.05, 4.69) is 5.32 Å². The van der Waals surface area contributed by atoms with Crippen LogP contribution in [0.4, 0.5) is 0 Å². The van der Waals surface area contributed by atoms with Gasteiger partial charge in [-0.05, 0) is 50.7 Å². The van der Waals surface area contributed by atoms with Gasteiger partial charge in [0.05, 0.1) is 15.6 Å². The van der Waals surface area contributed by atoms with E-state index in [1.54, 1.807) is 12.1 Å². The fourth-order valence-electron chi connectivity index (χ4n) is 2.65. The summed E-state index contributed by atoms with van der Waals surface area (Å²) >= 11 is 13.8. The van der Waals surface area contributed by atoms with Crippen molar-refractivity contribution in [1.82, 2.24) is 10.2 Å². The van der Waals surface area contributed by atoms with Crippen molar-refractivity contribution < 1.29 is 4.79 Å². The van der Waals surface area contributed by atoms with E-state index in [1.165, 1.54) is 11.8 Å². The molecule has 22 heavy (non-hydrogen) atoms. The van der Waals surface area contributed by atoms with Gasteiger partial charge in [0.1, 0.15) is 0 Å². The van der Waals surface area contributed by atoms with E-state index in [9.17, 15) is 4.79 Å². The lowest BCUT2D eigenvalue weighted by molar-refractivity contribution is 0.0691. The van der Waals surface area contributed by atoms with Gasteiger partial charge in [-0.2, -0.15) is 0 Å². The van der Waals surface area contributed by atoms with Gasteiger partial charge in [-0.25, -0.2) is 0 Å². The molecule has 0 aromatic heterocycles. The molecule has 0 aliphatic carbocycles. The average molecular weight is 384 g/mol. The number of nitrogens with one attached hydrogen (secondary N) is 1. The molecule has 1 saturated heterocycles. The van der Waals surface area contributed by atoms with Gasteiger partial charge in [-0.1, -0.05) is 23.2 Å². The van der Waals surface area contributed by atoms with Crippen LogP contribution in [-0.2, 0) is 0 Å². The third-order valence-electron chi connectivity index (χ3n) is 3.87. The molecule has 0 unspecified atom stereocenters. The van der Waals surface area contributed by atoms with E-state index in [-0.39, 0.29) is 18.3 Å². The Bertz CT molecular complexity index is 520. The Morgan fingerprint density at radius 1 is 1.32 bits per heavy atom. The highest BCUT2D eigenvalue weighted by molar-refractivity contribution is 7.98. The largest absolute Gasteiger partial charge is 0.339 e. The van der Waals surface area contributed by atoms with Crippen LogP contribution < -0.4 is 5.32 Å². The predicted molar refractivity (Wildman–Crippen MR) is 98.0 cm³/mol. The first kappa shape index (κ1) is 19.9. The molecule has 1 aromatic carbocycles. The third kappa shape index (κ3) is 4.68. The molecule has 0 atom stereocenters. The molecular weight excluding hydrogens is 363 g/mol. The monoisotopic (exact) mass is 382 g/mol.